The minimum atomic E-state index is -0.0644. The molecule has 0 aliphatic heterocycles. The van der Waals surface area contributed by atoms with E-state index in [2.05, 4.69) is 36.1 Å². The normalized spacial score (nSPS) is 11.4. The van der Waals surface area contributed by atoms with Crippen molar-refractivity contribution in [2.24, 2.45) is 5.73 Å². The number of nitrogens with two attached hydrogens (primary N) is 1. The molecule has 2 aromatic rings. The second-order valence-electron chi connectivity index (χ2n) is 4.27. The minimum absolute atomic E-state index is 0.0644. The van der Waals surface area contributed by atoms with Gasteiger partial charge < -0.3 is 5.73 Å². The van der Waals surface area contributed by atoms with Crippen LogP contribution in [-0.4, -0.2) is 6.04 Å². The number of benzene rings is 2. The molecule has 0 aromatic heterocycles. The smallest absolute Gasteiger partial charge is 0.0671 e. The Morgan fingerprint density at radius 2 is 1.50 bits per heavy atom. The molecule has 1 atom stereocenters. The molecule has 0 unspecified atom stereocenters. The van der Waals surface area contributed by atoms with Gasteiger partial charge in [0.2, 0.25) is 0 Å². The molecule has 2 aromatic carbocycles. The number of hydrogen-bond donors (Lipinski definition) is 1. The highest BCUT2D eigenvalue weighted by Crippen LogP contribution is 2.04. The van der Waals surface area contributed by atoms with Crippen LogP contribution in [0, 0.1) is 11.8 Å². The van der Waals surface area contributed by atoms with Gasteiger partial charge in [-0.25, -0.2) is 0 Å². The van der Waals surface area contributed by atoms with Crippen LogP contribution in [0.4, 0.5) is 0 Å². The van der Waals surface area contributed by atoms with E-state index in [-0.39, 0.29) is 6.04 Å². The largest absolute Gasteiger partial charge is 0.318 e. The molecule has 90 valence electrons. The van der Waals surface area contributed by atoms with E-state index in [4.69, 9.17) is 5.73 Å². The molecule has 0 aliphatic carbocycles. The molecule has 0 radical (unpaired) electrons. The maximum absolute atomic E-state index is 6.00. The molecule has 0 saturated carbocycles. The van der Waals surface area contributed by atoms with Gasteiger partial charge >= 0.3 is 0 Å². The Balaban J connectivity index is 1.86. The van der Waals surface area contributed by atoms with Crippen LogP contribution >= 0.6 is 0 Å². The SMILES string of the molecule is N[C@@H](C#Cc1ccccc1)CCc1ccccc1. The highest BCUT2D eigenvalue weighted by atomic mass is 14.6. The van der Waals surface area contributed by atoms with Crippen molar-refractivity contribution in [2.45, 2.75) is 18.9 Å². The Morgan fingerprint density at radius 1 is 0.889 bits per heavy atom. The molecule has 0 amide bonds. The summed E-state index contributed by atoms with van der Waals surface area (Å²) in [6, 6.07) is 20.3. The fourth-order valence-corrected chi connectivity index (χ4v) is 1.74. The lowest BCUT2D eigenvalue weighted by Gasteiger charge is -2.04. The topological polar surface area (TPSA) is 26.0 Å². The van der Waals surface area contributed by atoms with E-state index in [1.807, 2.05) is 36.4 Å². The first-order chi connectivity index (χ1) is 8.84. The lowest BCUT2D eigenvalue weighted by Crippen LogP contribution is -2.18. The van der Waals surface area contributed by atoms with Gasteiger partial charge in [-0.2, -0.15) is 0 Å². The van der Waals surface area contributed by atoms with Gasteiger partial charge in [0.25, 0.3) is 0 Å². The van der Waals surface area contributed by atoms with E-state index in [1.165, 1.54) is 5.56 Å². The zero-order chi connectivity index (χ0) is 12.6. The molecule has 1 nitrogen and oxygen atoms in total. The fourth-order valence-electron chi connectivity index (χ4n) is 1.74. The maximum atomic E-state index is 6.00. The third kappa shape index (κ3) is 4.08. The summed E-state index contributed by atoms with van der Waals surface area (Å²) >= 11 is 0. The predicted molar refractivity (Wildman–Crippen MR) is 76.1 cm³/mol. The van der Waals surface area contributed by atoms with Crippen molar-refractivity contribution >= 4 is 0 Å². The van der Waals surface area contributed by atoms with E-state index in [0.29, 0.717) is 0 Å². The average Bonchev–Trinajstić information content (AvgIpc) is 2.45. The predicted octanol–water partition coefficient (Wildman–Crippen LogP) is 3.00. The molecule has 1 heteroatoms. The monoisotopic (exact) mass is 235 g/mol. The van der Waals surface area contributed by atoms with Crippen LogP contribution in [0.2, 0.25) is 0 Å². The van der Waals surface area contributed by atoms with E-state index in [9.17, 15) is 0 Å². The Labute approximate surface area is 109 Å². The Bertz CT molecular complexity index is 520. The van der Waals surface area contributed by atoms with Crippen molar-refractivity contribution in [3.63, 3.8) is 0 Å². The van der Waals surface area contributed by atoms with E-state index in [0.717, 1.165) is 18.4 Å². The van der Waals surface area contributed by atoms with Crippen LogP contribution in [-0.2, 0) is 6.42 Å². The molecule has 2 N–H and O–H groups in total. The van der Waals surface area contributed by atoms with Crippen LogP contribution in [0.15, 0.2) is 60.7 Å². The number of aryl methyl sites for hydroxylation is 1. The van der Waals surface area contributed by atoms with Gasteiger partial charge in [-0.3, -0.25) is 0 Å². The second kappa shape index (κ2) is 6.64. The first-order valence-corrected chi connectivity index (χ1v) is 6.21. The van der Waals surface area contributed by atoms with Crippen molar-refractivity contribution in [1.29, 1.82) is 0 Å². The van der Waals surface area contributed by atoms with Crippen LogP contribution in [0.25, 0.3) is 0 Å². The number of hydrogen-bond acceptors (Lipinski definition) is 1. The lowest BCUT2D eigenvalue weighted by molar-refractivity contribution is 0.738. The summed E-state index contributed by atoms with van der Waals surface area (Å²) in [5.41, 5.74) is 8.33. The van der Waals surface area contributed by atoms with Crippen molar-refractivity contribution in [3.8, 4) is 11.8 Å². The molecule has 0 saturated heterocycles. The van der Waals surface area contributed by atoms with Gasteiger partial charge in [0.05, 0.1) is 6.04 Å². The zero-order valence-corrected chi connectivity index (χ0v) is 10.3. The molecule has 0 bridgehead atoms. The molecule has 18 heavy (non-hydrogen) atoms. The van der Waals surface area contributed by atoms with Crippen LogP contribution in [0.1, 0.15) is 17.5 Å². The highest BCUT2D eigenvalue weighted by Gasteiger charge is 1.98. The lowest BCUT2D eigenvalue weighted by atomic mass is 10.1. The molecule has 0 spiro atoms. The maximum Gasteiger partial charge on any atom is 0.0671 e. The summed E-state index contributed by atoms with van der Waals surface area (Å²) < 4.78 is 0. The van der Waals surface area contributed by atoms with Crippen molar-refractivity contribution in [2.75, 3.05) is 0 Å². The van der Waals surface area contributed by atoms with Crippen LogP contribution < -0.4 is 5.73 Å². The standard InChI is InChI=1S/C17H17N/c18-17(13-11-15-7-3-1-4-8-15)14-12-16-9-5-2-6-10-16/h1-10,17H,11,13,18H2/t17-/m1/s1. The van der Waals surface area contributed by atoms with Gasteiger partial charge in [-0.15, -0.1) is 0 Å². The van der Waals surface area contributed by atoms with Gasteiger partial charge in [0, 0.05) is 5.56 Å². The quantitative estimate of drug-likeness (QED) is 0.813. The molecular formula is C17H17N. The molecule has 0 fully saturated rings. The average molecular weight is 235 g/mol. The van der Waals surface area contributed by atoms with Crippen molar-refractivity contribution < 1.29 is 0 Å². The summed E-state index contributed by atoms with van der Waals surface area (Å²) in [5, 5.41) is 0. The Morgan fingerprint density at radius 3 is 2.17 bits per heavy atom. The zero-order valence-electron chi connectivity index (χ0n) is 10.3. The minimum Gasteiger partial charge on any atom is -0.318 e. The van der Waals surface area contributed by atoms with Crippen LogP contribution in [0.3, 0.4) is 0 Å². The summed E-state index contributed by atoms with van der Waals surface area (Å²) in [6.07, 6.45) is 1.87. The highest BCUT2D eigenvalue weighted by molar-refractivity contribution is 5.34. The number of rotatable bonds is 3. The van der Waals surface area contributed by atoms with Crippen molar-refractivity contribution in [3.05, 3.63) is 71.8 Å². The van der Waals surface area contributed by atoms with Gasteiger partial charge in [-0.1, -0.05) is 60.4 Å². The third-order valence-corrected chi connectivity index (χ3v) is 2.76. The van der Waals surface area contributed by atoms with Crippen molar-refractivity contribution in [1.82, 2.24) is 0 Å². The second-order valence-corrected chi connectivity index (χ2v) is 4.27. The summed E-state index contributed by atoms with van der Waals surface area (Å²) in [6.45, 7) is 0. The first-order valence-electron chi connectivity index (χ1n) is 6.21. The Kier molecular flexibility index (Phi) is 4.58. The van der Waals surface area contributed by atoms with Gasteiger partial charge in [0.15, 0.2) is 0 Å². The Hall–Kier alpha value is -2.04. The fraction of sp³-hybridized carbons (Fsp3) is 0.176. The van der Waals surface area contributed by atoms with E-state index >= 15 is 0 Å². The molecule has 0 aliphatic rings. The van der Waals surface area contributed by atoms with E-state index < -0.39 is 0 Å². The molecule has 0 heterocycles. The van der Waals surface area contributed by atoms with Gasteiger partial charge in [-0.05, 0) is 30.5 Å². The summed E-state index contributed by atoms with van der Waals surface area (Å²) in [7, 11) is 0. The van der Waals surface area contributed by atoms with Gasteiger partial charge in [0.1, 0.15) is 0 Å². The summed E-state index contributed by atoms with van der Waals surface area (Å²) in [4.78, 5) is 0. The van der Waals surface area contributed by atoms with E-state index in [1.54, 1.807) is 0 Å². The third-order valence-electron chi connectivity index (χ3n) is 2.76. The summed E-state index contributed by atoms with van der Waals surface area (Å²) in [5.74, 6) is 6.20. The van der Waals surface area contributed by atoms with Crippen LogP contribution in [0.5, 0.6) is 0 Å². The first kappa shape index (κ1) is 12.4. The molecular weight excluding hydrogens is 218 g/mol. The molecule has 2 rings (SSSR count).